The number of nitrogens with one attached hydrogen (secondary N) is 1. The van der Waals surface area contributed by atoms with Crippen molar-refractivity contribution >= 4 is 24.5 Å². The molecule has 0 aliphatic heterocycles. The van der Waals surface area contributed by atoms with Gasteiger partial charge in [-0.25, -0.2) is 0 Å². The molecular formula is C19H21NO3S. The van der Waals surface area contributed by atoms with Crippen molar-refractivity contribution in [3.05, 3.63) is 71.8 Å². The Balaban J connectivity index is 1.97. The maximum Gasteiger partial charge on any atom is 0.312 e. The van der Waals surface area contributed by atoms with E-state index in [9.17, 15) is 14.7 Å². The highest BCUT2D eigenvalue weighted by Gasteiger charge is 2.23. The van der Waals surface area contributed by atoms with Crippen molar-refractivity contribution < 1.29 is 14.7 Å². The Morgan fingerprint density at radius 2 is 1.58 bits per heavy atom. The highest BCUT2D eigenvalue weighted by Crippen LogP contribution is 2.16. The molecule has 2 aromatic carbocycles. The van der Waals surface area contributed by atoms with Crippen LogP contribution in [-0.2, 0) is 16.0 Å². The summed E-state index contributed by atoms with van der Waals surface area (Å²) in [4.78, 5) is 23.9. The van der Waals surface area contributed by atoms with Crippen LogP contribution in [-0.4, -0.2) is 29.3 Å². The van der Waals surface area contributed by atoms with Gasteiger partial charge in [-0.3, -0.25) is 9.59 Å². The summed E-state index contributed by atoms with van der Waals surface area (Å²) in [5.41, 5.74) is 1.74. The Labute approximate surface area is 147 Å². The number of aliphatic carboxylic acids is 1. The molecule has 24 heavy (non-hydrogen) atoms. The zero-order valence-electron chi connectivity index (χ0n) is 13.3. The molecule has 2 atom stereocenters. The number of benzene rings is 2. The van der Waals surface area contributed by atoms with E-state index in [-0.39, 0.29) is 18.4 Å². The molecule has 2 rings (SSSR count). The van der Waals surface area contributed by atoms with E-state index in [1.165, 1.54) is 0 Å². The van der Waals surface area contributed by atoms with Crippen molar-refractivity contribution in [1.29, 1.82) is 0 Å². The minimum atomic E-state index is -0.952. The van der Waals surface area contributed by atoms with E-state index in [1.54, 1.807) is 24.3 Å². The highest BCUT2D eigenvalue weighted by molar-refractivity contribution is 7.80. The van der Waals surface area contributed by atoms with E-state index >= 15 is 0 Å². The minimum absolute atomic E-state index is 0.0667. The second-order valence-corrected chi connectivity index (χ2v) is 5.98. The van der Waals surface area contributed by atoms with Gasteiger partial charge in [-0.15, -0.1) is 0 Å². The molecule has 0 spiro atoms. The van der Waals surface area contributed by atoms with Crippen LogP contribution in [0.25, 0.3) is 0 Å². The summed E-state index contributed by atoms with van der Waals surface area (Å²) < 4.78 is 0. The fourth-order valence-electron chi connectivity index (χ4n) is 2.52. The highest BCUT2D eigenvalue weighted by atomic mass is 32.1. The summed E-state index contributed by atoms with van der Waals surface area (Å²) in [7, 11) is 0. The third kappa shape index (κ3) is 5.13. The van der Waals surface area contributed by atoms with Crippen LogP contribution in [0.15, 0.2) is 60.7 Å². The van der Waals surface area contributed by atoms with Crippen LogP contribution >= 0.6 is 12.6 Å². The summed E-state index contributed by atoms with van der Waals surface area (Å²) in [6.07, 6.45) is 0.583. The molecule has 0 saturated carbocycles. The molecule has 1 amide bonds. The zero-order chi connectivity index (χ0) is 17.4. The van der Waals surface area contributed by atoms with Gasteiger partial charge in [-0.2, -0.15) is 12.6 Å². The first-order valence-corrected chi connectivity index (χ1v) is 8.45. The molecule has 2 unspecified atom stereocenters. The van der Waals surface area contributed by atoms with E-state index in [4.69, 9.17) is 0 Å². The molecule has 0 radical (unpaired) electrons. The smallest absolute Gasteiger partial charge is 0.312 e. The Morgan fingerprint density at radius 3 is 2.12 bits per heavy atom. The molecule has 0 aromatic heterocycles. The molecule has 5 heteroatoms. The predicted molar refractivity (Wildman–Crippen MR) is 97.3 cm³/mol. The van der Waals surface area contributed by atoms with Gasteiger partial charge < -0.3 is 10.4 Å². The summed E-state index contributed by atoms with van der Waals surface area (Å²) >= 11 is 4.26. The number of carbonyl (C=O) groups excluding carboxylic acids is 1. The van der Waals surface area contributed by atoms with E-state index in [0.29, 0.717) is 17.7 Å². The Morgan fingerprint density at radius 1 is 1.00 bits per heavy atom. The van der Waals surface area contributed by atoms with E-state index in [2.05, 4.69) is 17.9 Å². The fourth-order valence-corrected chi connectivity index (χ4v) is 2.81. The van der Waals surface area contributed by atoms with Crippen LogP contribution < -0.4 is 5.32 Å². The molecule has 2 N–H and O–H groups in total. The van der Waals surface area contributed by atoms with Crippen molar-refractivity contribution in [2.45, 2.75) is 12.3 Å². The first-order valence-electron chi connectivity index (χ1n) is 7.82. The number of rotatable bonds is 8. The molecule has 126 valence electrons. The topological polar surface area (TPSA) is 66.4 Å². The van der Waals surface area contributed by atoms with Crippen LogP contribution in [0.1, 0.15) is 17.0 Å². The lowest BCUT2D eigenvalue weighted by Crippen LogP contribution is -2.37. The van der Waals surface area contributed by atoms with E-state index < -0.39 is 11.9 Å². The van der Waals surface area contributed by atoms with Gasteiger partial charge >= 0.3 is 5.97 Å². The van der Waals surface area contributed by atoms with Gasteiger partial charge in [0.15, 0.2) is 0 Å². The minimum Gasteiger partial charge on any atom is -0.481 e. The number of carboxylic acid groups (broad SMARTS) is 1. The summed E-state index contributed by atoms with van der Waals surface area (Å²) in [5, 5.41) is 12.2. The molecule has 2 aromatic rings. The third-order valence-corrected chi connectivity index (χ3v) is 4.34. The van der Waals surface area contributed by atoms with Gasteiger partial charge in [0.1, 0.15) is 0 Å². The standard InChI is InChI=1S/C19H21NO3S/c21-18(16(13-24)11-14-7-3-1-4-8-14)20-12-17(19(22)23)15-9-5-2-6-10-15/h1-10,16-17,24H,11-13H2,(H,20,21)(H,22,23). The van der Waals surface area contributed by atoms with Crippen molar-refractivity contribution in [2.24, 2.45) is 5.92 Å². The van der Waals surface area contributed by atoms with Crippen LogP contribution in [0.2, 0.25) is 0 Å². The first kappa shape index (κ1) is 18.1. The maximum absolute atomic E-state index is 12.4. The van der Waals surface area contributed by atoms with Crippen LogP contribution in [0.4, 0.5) is 0 Å². The second kappa shape index (κ2) is 9.13. The van der Waals surface area contributed by atoms with Crippen molar-refractivity contribution in [3.63, 3.8) is 0 Å². The number of carboxylic acids is 1. The second-order valence-electron chi connectivity index (χ2n) is 5.62. The van der Waals surface area contributed by atoms with Gasteiger partial charge in [0.25, 0.3) is 0 Å². The summed E-state index contributed by atoms with van der Waals surface area (Å²) in [6.45, 7) is 0.0667. The van der Waals surface area contributed by atoms with E-state index in [1.807, 2.05) is 36.4 Å². The van der Waals surface area contributed by atoms with Gasteiger partial charge in [0, 0.05) is 12.3 Å². The van der Waals surface area contributed by atoms with Crippen LogP contribution in [0, 0.1) is 5.92 Å². The average molecular weight is 343 g/mol. The molecule has 0 aliphatic carbocycles. The predicted octanol–water partition coefficient (Wildman–Crippen LogP) is 2.76. The monoisotopic (exact) mass is 343 g/mol. The number of carbonyl (C=O) groups is 2. The largest absolute Gasteiger partial charge is 0.481 e. The zero-order valence-corrected chi connectivity index (χ0v) is 14.2. The molecule has 0 saturated heterocycles. The molecular weight excluding hydrogens is 322 g/mol. The Hall–Kier alpha value is -2.27. The Bertz CT molecular complexity index is 661. The number of hydrogen-bond donors (Lipinski definition) is 3. The van der Waals surface area contributed by atoms with Gasteiger partial charge in [0.2, 0.25) is 5.91 Å². The van der Waals surface area contributed by atoms with E-state index in [0.717, 1.165) is 5.56 Å². The average Bonchev–Trinajstić information content (AvgIpc) is 2.61. The quantitative estimate of drug-likeness (QED) is 0.646. The summed E-state index contributed by atoms with van der Waals surface area (Å²) in [5.74, 6) is -1.76. The lowest BCUT2D eigenvalue weighted by atomic mass is 9.97. The van der Waals surface area contributed by atoms with Crippen LogP contribution in [0.5, 0.6) is 0 Å². The molecule has 0 bridgehead atoms. The van der Waals surface area contributed by atoms with Gasteiger partial charge in [-0.1, -0.05) is 60.7 Å². The number of hydrogen-bond acceptors (Lipinski definition) is 3. The van der Waals surface area contributed by atoms with Crippen molar-refractivity contribution in [1.82, 2.24) is 5.32 Å². The molecule has 0 fully saturated rings. The lowest BCUT2D eigenvalue weighted by Gasteiger charge is -2.18. The SMILES string of the molecule is O=C(NCC(C(=O)O)c1ccccc1)C(CS)Cc1ccccc1. The molecule has 0 heterocycles. The lowest BCUT2D eigenvalue weighted by molar-refractivity contribution is -0.138. The third-order valence-electron chi connectivity index (χ3n) is 3.90. The van der Waals surface area contributed by atoms with Crippen molar-refractivity contribution in [2.75, 3.05) is 12.3 Å². The Kier molecular flexibility index (Phi) is 6.88. The molecule has 0 aliphatic rings. The first-order chi connectivity index (χ1) is 11.6. The van der Waals surface area contributed by atoms with Crippen LogP contribution in [0.3, 0.4) is 0 Å². The number of amides is 1. The maximum atomic E-state index is 12.4. The van der Waals surface area contributed by atoms with Gasteiger partial charge in [-0.05, 0) is 17.5 Å². The number of thiol groups is 1. The van der Waals surface area contributed by atoms with Crippen molar-refractivity contribution in [3.8, 4) is 0 Å². The summed E-state index contributed by atoms with van der Waals surface area (Å²) in [6, 6.07) is 18.6. The fraction of sp³-hybridized carbons (Fsp3) is 0.263. The van der Waals surface area contributed by atoms with Gasteiger partial charge in [0.05, 0.1) is 11.8 Å². The molecule has 4 nitrogen and oxygen atoms in total. The normalized spacial score (nSPS) is 13.0.